The van der Waals surface area contributed by atoms with Crippen LogP contribution in [0.4, 0.5) is 19.0 Å². The number of nitrogens with two attached hydrogens (primary N) is 1. The molecule has 0 saturated carbocycles. The van der Waals surface area contributed by atoms with Gasteiger partial charge in [-0.05, 0) is 0 Å². The van der Waals surface area contributed by atoms with E-state index in [2.05, 4.69) is 4.98 Å². The van der Waals surface area contributed by atoms with Crippen molar-refractivity contribution in [2.75, 3.05) is 12.3 Å². The smallest absolute Gasteiger partial charge is 0.392 e. The van der Waals surface area contributed by atoms with Gasteiger partial charge in [-0.25, -0.2) is 4.79 Å². The van der Waals surface area contributed by atoms with Gasteiger partial charge in [-0.2, -0.15) is 18.2 Å². The van der Waals surface area contributed by atoms with E-state index in [1.807, 2.05) is 0 Å². The number of hydrogen-bond acceptors (Lipinski definition) is 6. The van der Waals surface area contributed by atoms with Gasteiger partial charge in [-0.3, -0.25) is 4.57 Å². The van der Waals surface area contributed by atoms with E-state index in [1.54, 1.807) is 0 Å². The molecular formula is C13H16F3N3O4. The highest BCUT2D eigenvalue weighted by molar-refractivity contribution is 5.59. The van der Waals surface area contributed by atoms with E-state index in [9.17, 15) is 23.1 Å². The fourth-order valence-corrected chi connectivity index (χ4v) is 2.20. The van der Waals surface area contributed by atoms with Crippen molar-refractivity contribution in [3.8, 4) is 0 Å². The van der Waals surface area contributed by atoms with Crippen LogP contribution in [-0.2, 0) is 4.74 Å². The summed E-state index contributed by atoms with van der Waals surface area (Å²) in [5.74, 6) is -0.207. The molecule has 0 spiro atoms. The molecule has 0 aromatic carbocycles. The van der Waals surface area contributed by atoms with Gasteiger partial charge in [-0.15, -0.1) is 0 Å². The minimum absolute atomic E-state index is 0.0441. The maximum atomic E-state index is 12.1. The quantitative estimate of drug-likeness (QED) is 0.736. The Bertz CT molecular complexity index is 644. The number of nitrogen functional groups attached to an aromatic ring is 1. The summed E-state index contributed by atoms with van der Waals surface area (Å²) in [5, 5.41) is 18.7. The van der Waals surface area contributed by atoms with Crippen molar-refractivity contribution < 1.29 is 28.1 Å². The van der Waals surface area contributed by atoms with E-state index in [-0.39, 0.29) is 17.8 Å². The number of aliphatic hydroxyl groups is 2. The number of nitrogens with zero attached hydrogens (tertiary/aromatic N) is 2. The number of alkyl halides is 3. The molecule has 1 saturated heterocycles. The number of aliphatic hydroxyl groups excluding tert-OH is 2. The van der Waals surface area contributed by atoms with Crippen LogP contribution in [0.25, 0.3) is 6.08 Å². The number of ether oxygens (including phenoxy) is 1. The van der Waals surface area contributed by atoms with Gasteiger partial charge in [0, 0.05) is 18.2 Å². The minimum Gasteiger partial charge on any atom is -0.394 e. The molecule has 0 aliphatic carbocycles. The van der Waals surface area contributed by atoms with E-state index < -0.39 is 43.3 Å². The number of hydrogen-bond donors (Lipinski definition) is 3. The molecular weight excluding hydrogens is 319 g/mol. The van der Waals surface area contributed by atoms with Crippen molar-refractivity contribution in [1.82, 2.24) is 9.55 Å². The van der Waals surface area contributed by atoms with Gasteiger partial charge < -0.3 is 20.7 Å². The lowest BCUT2D eigenvalue weighted by molar-refractivity contribution is -0.124. The van der Waals surface area contributed by atoms with Crippen molar-refractivity contribution in [2.24, 2.45) is 0 Å². The molecule has 7 nitrogen and oxygen atoms in total. The summed E-state index contributed by atoms with van der Waals surface area (Å²) < 4.78 is 42.8. The summed E-state index contributed by atoms with van der Waals surface area (Å²) in [4.78, 5) is 15.4. The van der Waals surface area contributed by atoms with Crippen molar-refractivity contribution in [1.29, 1.82) is 0 Å². The number of allylic oxidation sites excluding steroid dienone is 1. The third-order valence-electron chi connectivity index (χ3n) is 3.35. The third-order valence-corrected chi connectivity index (χ3v) is 3.35. The Morgan fingerprint density at radius 3 is 2.78 bits per heavy atom. The monoisotopic (exact) mass is 335 g/mol. The maximum Gasteiger partial charge on any atom is 0.392 e. The van der Waals surface area contributed by atoms with Gasteiger partial charge in [0.1, 0.15) is 18.1 Å². The largest absolute Gasteiger partial charge is 0.394 e. The molecule has 0 unspecified atom stereocenters. The van der Waals surface area contributed by atoms with Crippen LogP contribution in [0.1, 0.15) is 24.6 Å². The predicted octanol–water partition coefficient (Wildman–Crippen LogP) is 0.432. The van der Waals surface area contributed by atoms with Crippen LogP contribution >= 0.6 is 0 Å². The highest BCUT2D eigenvalue weighted by Gasteiger charge is 2.35. The van der Waals surface area contributed by atoms with E-state index >= 15 is 0 Å². The van der Waals surface area contributed by atoms with Crippen molar-refractivity contribution in [3.63, 3.8) is 0 Å². The molecule has 0 bridgehead atoms. The first kappa shape index (κ1) is 17.4. The second-order valence-electron chi connectivity index (χ2n) is 5.11. The van der Waals surface area contributed by atoms with Gasteiger partial charge in [0.25, 0.3) is 0 Å². The predicted molar refractivity (Wildman–Crippen MR) is 74.2 cm³/mol. The SMILES string of the molecule is Nc1nc(=O)n([C@H]2C[C@H](O)[C@@H](CO)O2)cc1C=CCC(F)(F)F. The normalized spacial score (nSPS) is 25.3. The molecule has 3 atom stereocenters. The zero-order valence-corrected chi connectivity index (χ0v) is 11.9. The fourth-order valence-electron chi connectivity index (χ4n) is 2.20. The minimum atomic E-state index is -4.35. The number of aromatic nitrogens is 2. The molecule has 128 valence electrons. The molecule has 4 N–H and O–H groups in total. The zero-order chi connectivity index (χ0) is 17.2. The molecule has 1 aromatic heterocycles. The Kier molecular flexibility index (Phi) is 5.07. The molecule has 1 fully saturated rings. The maximum absolute atomic E-state index is 12.1. The zero-order valence-electron chi connectivity index (χ0n) is 11.9. The molecule has 1 aliphatic heterocycles. The Morgan fingerprint density at radius 1 is 1.52 bits per heavy atom. The topological polar surface area (TPSA) is 111 Å². The second kappa shape index (κ2) is 6.69. The van der Waals surface area contributed by atoms with Crippen LogP contribution in [0.5, 0.6) is 0 Å². The average molecular weight is 335 g/mol. The van der Waals surface area contributed by atoms with Crippen molar-refractivity contribution in [3.05, 3.63) is 28.3 Å². The highest BCUT2D eigenvalue weighted by atomic mass is 19.4. The van der Waals surface area contributed by atoms with Crippen LogP contribution in [0.15, 0.2) is 17.1 Å². The first-order valence-electron chi connectivity index (χ1n) is 6.77. The van der Waals surface area contributed by atoms with Crippen LogP contribution in [0.3, 0.4) is 0 Å². The molecule has 2 rings (SSSR count). The van der Waals surface area contributed by atoms with Crippen molar-refractivity contribution >= 4 is 11.9 Å². The molecule has 23 heavy (non-hydrogen) atoms. The molecule has 2 heterocycles. The van der Waals surface area contributed by atoms with E-state index in [1.165, 1.54) is 6.20 Å². The van der Waals surface area contributed by atoms with Gasteiger partial charge in [0.2, 0.25) is 0 Å². The molecule has 0 radical (unpaired) electrons. The summed E-state index contributed by atoms with van der Waals surface area (Å²) in [6.45, 7) is -0.423. The lowest BCUT2D eigenvalue weighted by Gasteiger charge is -2.15. The Morgan fingerprint density at radius 2 is 2.22 bits per heavy atom. The molecule has 1 aromatic rings. The van der Waals surface area contributed by atoms with Crippen LogP contribution < -0.4 is 11.4 Å². The van der Waals surface area contributed by atoms with Crippen LogP contribution in [0.2, 0.25) is 0 Å². The van der Waals surface area contributed by atoms with Crippen LogP contribution in [0, 0.1) is 0 Å². The summed E-state index contributed by atoms with van der Waals surface area (Å²) in [5.41, 5.74) is 4.90. The van der Waals surface area contributed by atoms with Gasteiger partial charge >= 0.3 is 11.9 Å². The number of rotatable bonds is 4. The van der Waals surface area contributed by atoms with Crippen molar-refractivity contribution in [2.45, 2.75) is 37.5 Å². The van der Waals surface area contributed by atoms with Gasteiger partial charge in [0.15, 0.2) is 0 Å². The van der Waals surface area contributed by atoms with E-state index in [0.29, 0.717) is 0 Å². The highest BCUT2D eigenvalue weighted by Crippen LogP contribution is 2.28. The first-order valence-corrected chi connectivity index (χ1v) is 6.77. The first-order chi connectivity index (χ1) is 10.7. The Balaban J connectivity index is 2.25. The molecule has 0 amide bonds. The number of halogens is 3. The lowest BCUT2D eigenvalue weighted by atomic mass is 10.2. The fraction of sp³-hybridized carbons (Fsp3) is 0.538. The average Bonchev–Trinajstić information content (AvgIpc) is 2.81. The Labute approximate surface area is 128 Å². The van der Waals surface area contributed by atoms with Crippen LogP contribution in [-0.4, -0.2) is 44.8 Å². The van der Waals surface area contributed by atoms with Gasteiger partial charge in [-0.1, -0.05) is 12.2 Å². The summed E-state index contributed by atoms with van der Waals surface area (Å²) in [7, 11) is 0. The standard InChI is InChI=1S/C13H16F3N3O4/c14-13(15,16)3-1-2-7-5-19(12(22)18-11(7)17)10-4-8(21)9(6-20)23-10/h1-2,5,8-10,20-21H,3-4,6H2,(H2,17,18,22)/t8-,9+,10+/m0/s1. The number of anilines is 1. The molecule has 10 heteroatoms. The Hall–Kier alpha value is -1.91. The summed E-state index contributed by atoms with van der Waals surface area (Å²) >= 11 is 0. The molecule has 1 aliphatic rings. The van der Waals surface area contributed by atoms with Gasteiger partial charge in [0.05, 0.1) is 19.1 Å². The summed E-state index contributed by atoms with van der Waals surface area (Å²) in [6.07, 6.45) is -4.93. The third kappa shape index (κ3) is 4.30. The summed E-state index contributed by atoms with van der Waals surface area (Å²) in [6, 6.07) is 0. The lowest BCUT2D eigenvalue weighted by Crippen LogP contribution is -2.28. The second-order valence-corrected chi connectivity index (χ2v) is 5.11. The van der Waals surface area contributed by atoms with E-state index in [0.717, 1.165) is 16.7 Å². The van der Waals surface area contributed by atoms with E-state index in [4.69, 9.17) is 15.6 Å².